The van der Waals surface area contributed by atoms with E-state index in [1.807, 2.05) is 43.3 Å². The molecule has 3 rings (SSSR count). The highest BCUT2D eigenvalue weighted by Gasteiger charge is 2.19. The van der Waals surface area contributed by atoms with Crippen LogP contribution in [0.1, 0.15) is 33.3 Å². The molecule has 0 fully saturated rings. The summed E-state index contributed by atoms with van der Waals surface area (Å²) in [6.07, 6.45) is 1.53. The smallest absolute Gasteiger partial charge is 0.137 e. The van der Waals surface area contributed by atoms with Crippen LogP contribution in [-0.2, 0) is 5.41 Å². The predicted octanol–water partition coefficient (Wildman–Crippen LogP) is 5.46. The lowest BCUT2D eigenvalue weighted by Crippen LogP contribution is -2.25. The fourth-order valence-corrected chi connectivity index (χ4v) is 3.03. The van der Waals surface area contributed by atoms with Crippen molar-refractivity contribution < 1.29 is 4.74 Å². The summed E-state index contributed by atoms with van der Waals surface area (Å²) in [5.41, 5.74) is 2.09. The van der Waals surface area contributed by atoms with Crippen molar-refractivity contribution in [2.24, 2.45) is 0 Å². The predicted molar refractivity (Wildman–Crippen MR) is 108 cm³/mol. The molecule has 4 nitrogen and oxygen atoms in total. The first-order valence-corrected chi connectivity index (χ1v) is 9.12. The van der Waals surface area contributed by atoms with Gasteiger partial charge in [-0.1, -0.05) is 50.6 Å². The molecule has 1 heterocycles. The molecule has 5 heteroatoms. The SMILES string of the molecule is CC(CNc1ncnc2ccc(Cl)cc12)Oc1ccccc1C(C)(C)C. The van der Waals surface area contributed by atoms with Gasteiger partial charge in [0.1, 0.15) is 24.0 Å². The van der Waals surface area contributed by atoms with Crippen molar-refractivity contribution in [2.75, 3.05) is 11.9 Å². The summed E-state index contributed by atoms with van der Waals surface area (Å²) in [4.78, 5) is 8.62. The zero-order chi connectivity index (χ0) is 18.7. The van der Waals surface area contributed by atoms with E-state index in [9.17, 15) is 0 Å². The summed E-state index contributed by atoms with van der Waals surface area (Å²) >= 11 is 6.11. The number of nitrogens with zero attached hydrogens (tertiary/aromatic N) is 2. The second-order valence-corrected chi connectivity index (χ2v) is 7.88. The second-order valence-electron chi connectivity index (χ2n) is 7.44. The van der Waals surface area contributed by atoms with Crippen LogP contribution in [-0.4, -0.2) is 22.6 Å². The first-order chi connectivity index (χ1) is 12.3. The minimum Gasteiger partial charge on any atom is -0.489 e. The molecule has 3 aromatic rings. The molecule has 1 aromatic heterocycles. The van der Waals surface area contributed by atoms with Gasteiger partial charge in [0.2, 0.25) is 0 Å². The van der Waals surface area contributed by atoms with Crippen LogP contribution in [0.2, 0.25) is 5.02 Å². The van der Waals surface area contributed by atoms with Gasteiger partial charge in [0, 0.05) is 10.4 Å². The monoisotopic (exact) mass is 369 g/mol. The summed E-state index contributed by atoms with van der Waals surface area (Å²) < 4.78 is 6.20. The van der Waals surface area contributed by atoms with Crippen LogP contribution in [0.3, 0.4) is 0 Å². The first-order valence-electron chi connectivity index (χ1n) is 8.75. The molecule has 26 heavy (non-hydrogen) atoms. The molecule has 1 unspecified atom stereocenters. The topological polar surface area (TPSA) is 47.0 Å². The lowest BCUT2D eigenvalue weighted by molar-refractivity contribution is 0.229. The zero-order valence-electron chi connectivity index (χ0n) is 15.6. The van der Waals surface area contributed by atoms with Gasteiger partial charge in [-0.05, 0) is 42.2 Å². The minimum absolute atomic E-state index is 0.0253. The number of hydrogen-bond acceptors (Lipinski definition) is 4. The number of anilines is 1. The Kier molecular flexibility index (Phi) is 5.33. The number of nitrogens with one attached hydrogen (secondary N) is 1. The summed E-state index contributed by atoms with van der Waals surface area (Å²) in [6.45, 7) is 9.23. The van der Waals surface area contributed by atoms with Crippen LogP contribution < -0.4 is 10.1 Å². The Morgan fingerprint density at radius 3 is 2.65 bits per heavy atom. The number of para-hydroxylation sites is 1. The molecule has 0 aliphatic heterocycles. The summed E-state index contributed by atoms with van der Waals surface area (Å²) in [7, 11) is 0. The third-order valence-electron chi connectivity index (χ3n) is 4.18. The standard InChI is InChI=1S/C21H24ClN3O/c1-14(26-19-8-6-5-7-17(19)21(2,3)4)12-23-20-16-11-15(22)9-10-18(16)24-13-25-20/h5-11,13-14H,12H2,1-4H3,(H,23,24,25). The molecule has 136 valence electrons. The molecule has 0 bridgehead atoms. The van der Waals surface area contributed by atoms with Gasteiger partial charge in [0.15, 0.2) is 0 Å². The molecule has 2 aromatic carbocycles. The fourth-order valence-electron chi connectivity index (χ4n) is 2.86. The van der Waals surface area contributed by atoms with Crippen LogP contribution in [0.15, 0.2) is 48.8 Å². The fraction of sp³-hybridized carbons (Fsp3) is 0.333. The van der Waals surface area contributed by atoms with Gasteiger partial charge in [-0.25, -0.2) is 9.97 Å². The van der Waals surface area contributed by atoms with E-state index in [2.05, 4.69) is 42.1 Å². The quantitative estimate of drug-likeness (QED) is 0.648. The number of hydrogen-bond donors (Lipinski definition) is 1. The highest BCUT2D eigenvalue weighted by Crippen LogP contribution is 2.31. The van der Waals surface area contributed by atoms with Crippen molar-refractivity contribution >= 4 is 28.3 Å². The van der Waals surface area contributed by atoms with Crippen LogP contribution in [0.5, 0.6) is 5.75 Å². The third-order valence-corrected chi connectivity index (χ3v) is 4.41. The molecule has 0 amide bonds. The van der Waals surface area contributed by atoms with E-state index in [1.165, 1.54) is 5.56 Å². The summed E-state index contributed by atoms with van der Waals surface area (Å²) in [6, 6.07) is 13.8. The molecule has 0 saturated heterocycles. The van der Waals surface area contributed by atoms with Gasteiger partial charge in [-0.3, -0.25) is 0 Å². The summed E-state index contributed by atoms with van der Waals surface area (Å²) in [5.74, 6) is 1.68. The molecule has 0 saturated carbocycles. The maximum Gasteiger partial charge on any atom is 0.137 e. The van der Waals surface area contributed by atoms with E-state index in [4.69, 9.17) is 16.3 Å². The minimum atomic E-state index is -0.0253. The van der Waals surface area contributed by atoms with Gasteiger partial charge in [-0.2, -0.15) is 0 Å². The average Bonchev–Trinajstić information content (AvgIpc) is 2.59. The molecular formula is C21H24ClN3O. The summed E-state index contributed by atoms with van der Waals surface area (Å²) in [5, 5.41) is 4.93. The molecule has 1 atom stereocenters. The molecule has 1 N–H and O–H groups in total. The second kappa shape index (κ2) is 7.50. The van der Waals surface area contributed by atoms with Crippen molar-refractivity contribution in [3.63, 3.8) is 0 Å². The number of rotatable bonds is 5. The molecule has 0 aliphatic carbocycles. The Bertz CT molecular complexity index is 905. The van der Waals surface area contributed by atoms with E-state index >= 15 is 0 Å². The molecular weight excluding hydrogens is 346 g/mol. The van der Waals surface area contributed by atoms with Crippen LogP contribution in [0, 0.1) is 0 Å². The Morgan fingerprint density at radius 2 is 1.88 bits per heavy atom. The van der Waals surface area contributed by atoms with Gasteiger partial charge in [-0.15, -0.1) is 0 Å². The molecule has 0 aliphatic rings. The lowest BCUT2D eigenvalue weighted by atomic mass is 9.86. The Labute approximate surface area is 159 Å². The number of ether oxygens (including phenoxy) is 1. The van der Waals surface area contributed by atoms with Crippen molar-refractivity contribution in [3.05, 3.63) is 59.4 Å². The highest BCUT2D eigenvalue weighted by atomic mass is 35.5. The molecule has 0 spiro atoms. The van der Waals surface area contributed by atoms with Crippen LogP contribution in [0.4, 0.5) is 5.82 Å². The Morgan fingerprint density at radius 1 is 1.12 bits per heavy atom. The molecule has 0 radical (unpaired) electrons. The Hall–Kier alpha value is -2.33. The van der Waals surface area contributed by atoms with Crippen molar-refractivity contribution in [3.8, 4) is 5.75 Å². The third kappa shape index (κ3) is 4.25. The van der Waals surface area contributed by atoms with Gasteiger partial charge < -0.3 is 10.1 Å². The largest absolute Gasteiger partial charge is 0.489 e. The number of fused-ring (bicyclic) bond motifs is 1. The zero-order valence-corrected chi connectivity index (χ0v) is 16.3. The van der Waals surface area contributed by atoms with E-state index in [-0.39, 0.29) is 11.5 Å². The average molecular weight is 370 g/mol. The highest BCUT2D eigenvalue weighted by molar-refractivity contribution is 6.31. The van der Waals surface area contributed by atoms with E-state index in [1.54, 1.807) is 6.33 Å². The number of benzene rings is 2. The maximum atomic E-state index is 6.20. The normalized spacial score (nSPS) is 12.8. The van der Waals surface area contributed by atoms with Crippen LogP contribution in [0.25, 0.3) is 10.9 Å². The number of halogens is 1. The van der Waals surface area contributed by atoms with Crippen molar-refractivity contribution in [2.45, 2.75) is 39.2 Å². The van der Waals surface area contributed by atoms with E-state index in [0.717, 1.165) is 22.5 Å². The van der Waals surface area contributed by atoms with Crippen LogP contribution >= 0.6 is 11.6 Å². The van der Waals surface area contributed by atoms with Gasteiger partial charge in [0.25, 0.3) is 0 Å². The number of aromatic nitrogens is 2. The van der Waals surface area contributed by atoms with E-state index in [0.29, 0.717) is 11.6 Å². The van der Waals surface area contributed by atoms with E-state index < -0.39 is 0 Å². The van der Waals surface area contributed by atoms with Gasteiger partial charge >= 0.3 is 0 Å². The maximum absolute atomic E-state index is 6.20. The van der Waals surface area contributed by atoms with Crippen molar-refractivity contribution in [1.29, 1.82) is 0 Å². The lowest BCUT2D eigenvalue weighted by Gasteiger charge is -2.25. The van der Waals surface area contributed by atoms with Crippen molar-refractivity contribution in [1.82, 2.24) is 9.97 Å². The first kappa shape index (κ1) is 18.5. The van der Waals surface area contributed by atoms with Gasteiger partial charge in [0.05, 0.1) is 12.1 Å². The Balaban J connectivity index is 1.73.